The number of aliphatic hydroxyl groups excluding tert-OH is 2. The Balaban J connectivity index is 2.43. The van der Waals surface area contributed by atoms with Crippen molar-refractivity contribution in [3.8, 4) is 0 Å². The number of carbonyl (C=O) groups excluding carboxylic acids is 1. The molecule has 1 rings (SSSR count). The number of morpholine rings is 1. The molecule has 1 heterocycles. The fourth-order valence-electron chi connectivity index (χ4n) is 1.69. The van der Waals surface area contributed by atoms with E-state index in [9.17, 15) is 9.59 Å². The van der Waals surface area contributed by atoms with Crippen LogP contribution in [0, 0.1) is 0 Å². The summed E-state index contributed by atoms with van der Waals surface area (Å²) in [4.78, 5) is 23.5. The number of carboxylic acids is 1. The number of hydrogen-bond donors (Lipinski definition) is 4. The number of aliphatic hydroxyl groups is 2. The van der Waals surface area contributed by atoms with Gasteiger partial charge in [0.25, 0.3) is 0 Å². The zero-order valence-corrected chi connectivity index (χ0v) is 10.1. The van der Waals surface area contributed by atoms with Crippen molar-refractivity contribution in [1.82, 2.24) is 10.2 Å². The molecule has 0 aromatic heterocycles. The standard InChI is InChI=1S/C10H18N2O6/c1-6-3-12(4-7(5-13)18-6)10(17)11-2-8(14)9(15)16/h6-8,13-14H,2-5H2,1H3,(H,11,17)(H,15,16)/t6?,7?,8-/m0/s1. The predicted octanol–water partition coefficient (Wildman–Crippen LogP) is -1.78. The molecular weight excluding hydrogens is 244 g/mol. The van der Waals surface area contributed by atoms with E-state index < -0.39 is 24.2 Å². The number of nitrogens with zero attached hydrogens (tertiary/aromatic N) is 1. The molecule has 104 valence electrons. The minimum atomic E-state index is -1.62. The van der Waals surface area contributed by atoms with E-state index >= 15 is 0 Å². The van der Waals surface area contributed by atoms with Gasteiger partial charge >= 0.3 is 12.0 Å². The highest BCUT2D eigenvalue weighted by molar-refractivity contribution is 5.76. The van der Waals surface area contributed by atoms with Gasteiger partial charge in [-0.2, -0.15) is 0 Å². The zero-order valence-electron chi connectivity index (χ0n) is 10.1. The first-order valence-corrected chi connectivity index (χ1v) is 5.64. The lowest BCUT2D eigenvalue weighted by Gasteiger charge is -2.36. The van der Waals surface area contributed by atoms with E-state index in [2.05, 4.69) is 5.32 Å². The van der Waals surface area contributed by atoms with Crippen LogP contribution in [0.5, 0.6) is 0 Å². The summed E-state index contributed by atoms with van der Waals surface area (Å²) in [7, 11) is 0. The summed E-state index contributed by atoms with van der Waals surface area (Å²) in [6.45, 7) is 1.81. The fraction of sp³-hybridized carbons (Fsp3) is 0.800. The number of urea groups is 1. The van der Waals surface area contributed by atoms with Crippen LogP contribution in [0.2, 0.25) is 0 Å². The summed E-state index contributed by atoms with van der Waals surface area (Å²) in [5, 5.41) is 28.8. The quantitative estimate of drug-likeness (QED) is 0.475. The molecule has 18 heavy (non-hydrogen) atoms. The van der Waals surface area contributed by atoms with Crippen LogP contribution in [0.15, 0.2) is 0 Å². The molecule has 4 N–H and O–H groups in total. The number of aliphatic carboxylic acids is 1. The molecule has 1 fully saturated rings. The summed E-state index contributed by atoms with van der Waals surface area (Å²) >= 11 is 0. The summed E-state index contributed by atoms with van der Waals surface area (Å²) in [5.41, 5.74) is 0. The highest BCUT2D eigenvalue weighted by atomic mass is 16.5. The largest absolute Gasteiger partial charge is 0.479 e. The van der Waals surface area contributed by atoms with Crippen molar-refractivity contribution in [3.05, 3.63) is 0 Å². The average molecular weight is 262 g/mol. The number of carboxylic acid groups (broad SMARTS) is 1. The lowest BCUT2D eigenvalue weighted by atomic mass is 10.2. The van der Waals surface area contributed by atoms with Crippen molar-refractivity contribution >= 4 is 12.0 Å². The molecule has 2 unspecified atom stereocenters. The Morgan fingerprint density at radius 2 is 2.17 bits per heavy atom. The second-order valence-electron chi connectivity index (χ2n) is 4.20. The van der Waals surface area contributed by atoms with E-state index in [1.165, 1.54) is 4.90 Å². The third-order valence-corrected chi connectivity index (χ3v) is 2.55. The summed E-state index contributed by atoms with van der Waals surface area (Å²) < 4.78 is 5.36. The number of hydrogen-bond acceptors (Lipinski definition) is 5. The molecule has 8 nitrogen and oxygen atoms in total. The topological polar surface area (TPSA) is 119 Å². The Hall–Kier alpha value is -1.38. The van der Waals surface area contributed by atoms with Crippen LogP contribution >= 0.6 is 0 Å². The highest BCUT2D eigenvalue weighted by Gasteiger charge is 2.28. The Morgan fingerprint density at radius 1 is 1.50 bits per heavy atom. The van der Waals surface area contributed by atoms with Gasteiger partial charge in [-0.05, 0) is 6.92 Å². The molecule has 0 spiro atoms. The van der Waals surface area contributed by atoms with Crippen LogP contribution in [0.25, 0.3) is 0 Å². The maximum Gasteiger partial charge on any atom is 0.334 e. The molecule has 0 aromatic carbocycles. The molecule has 0 aliphatic carbocycles. The third-order valence-electron chi connectivity index (χ3n) is 2.55. The van der Waals surface area contributed by atoms with E-state index in [0.29, 0.717) is 6.54 Å². The first-order valence-electron chi connectivity index (χ1n) is 5.64. The van der Waals surface area contributed by atoms with E-state index in [-0.39, 0.29) is 25.8 Å². The molecular formula is C10H18N2O6. The van der Waals surface area contributed by atoms with Gasteiger partial charge < -0.3 is 30.3 Å². The van der Waals surface area contributed by atoms with Gasteiger partial charge in [0.2, 0.25) is 0 Å². The molecule has 1 aliphatic heterocycles. The van der Waals surface area contributed by atoms with Gasteiger partial charge in [-0.1, -0.05) is 0 Å². The van der Waals surface area contributed by atoms with E-state index in [0.717, 1.165) is 0 Å². The first kappa shape index (κ1) is 14.7. The molecule has 1 aliphatic rings. The predicted molar refractivity (Wildman–Crippen MR) is 60.0 cm³/mol. The van der Waals surface area contributed by atoms with Gasteiger partial charge in [0.05, 0.1) is 31.9 Å². The second kappa shape index (κ2) is 6.53. The number of amides is 2. The minimum absolute atomic E-state index is 0.189. The second-order valence-corrected chi connectivity index (χ2v) is 4.20. The monoisotopic (exact) mass is 262 g/mol. The van der Waals surface area contributed by atoms with Crippen LogP contribution in [0.3, 0.4) is 0 Å². The van der Waals surface area contributed by atoms with Crippen molar-refractivity contribution in [3.63, 3.8) is 0 Å². The van der Waals surface area contributed by atoms with Crippen molar-refractivity contribution in [2.24, 2.45) is 0 Å². The molecule has 8 heteroatoms. The van der Waals surface area contributed by atoms with Gasteiger partial charge in [0.15, 0.2) is 6.10 Å². The lowest BCUT2D eigenvalue weighted by Crippen LogP contribution is -2.54. The summed E-state index contributed by atoms with van der Waals surface area (Å²) in [5.74, 6) is -1.39. The molecule has 1 saturated heterocycles. The number of carbonyl (C=O) groups is 2. The fourth-order valence-corrected chi connectivity index (χ4v) is 1.69. The number of rotatable bonds is 4. The smallest absolute Gasteiger partial charge is 0.334 e. The molecule has 2 amide bonds. The van der Waals surface area contributed by atoms with Crippen molar-refractivity contribution in [1.29, 1.82) is 0 Å². The Labute approximate surface area is 104 Å². The van der Waals surface area contributed by atoms with Crippen molar-refractivity contribution in [2.75, 3.05) is 26.2 Å². The third kappa shape index (κ3) is 4.13. The highest BCUT2D eigenvalue weighted by Crippen LogP contribution is 2.10. The van der Waals surface area contributed by atoms with Crippen LogP contribution < -0.4 is 5.32 Å². The molecule has 0 bridgehead atoms. The van der Waals surface area contributed by atoms with Crippen LogP contribution in [0.4, 0.5) is 4.79 Å². The van der Waals surface area contributed by atoms with Crippen molar-refractivity contribution < 1.29 is 29.6 Å². The molecule has 0 saturated carbocycles. The van der Waals surface area contributed by atoms with Crippen LogP contribution in [0.1, 0.15) is 6.92 Å². The number of ether oxygens (including phenoxy) is 1. The minimum Gasteiger partial charge on any atom is -0.479 e. The lowest BCUT2D eigenvalue weighted by molar-refractivity contribution is -0.146. The van der Waals surface area contributed by atoms with Gasteiger partial charge in [-0.15, -0.1) is 0 Å². The van der Waals surface area contributed by atoms with Crippen LogP contribution in [-0.2, 0) is 9.53 Å². The van der Waals surface area contributed by atoms with Gasteiger partial charge in [0.1, 0.15) is 0 Å². The average Bonchev–Trinajstić information content (AvgIpc) is 2.34. The first-order chi connectivity index (χ1) is 8.43. The summed E-state index contributed by atoms with van der Waals surface area (Å²) in [6, 6.07) is -0.482. The van der Waals surface area contributed by atoms with Gasteiger partial charge in [-0.3, -0.25) is 0 Å². The van der Waals surface area contributed by atoms with E-state index in [4.69, 9.17) is 20.1 Å². The molecule has 3 atom stereocenters. The number of nitrogens with one attached hydrogen (secondary N) is 1. The SMILES string of the molecule is CC1CN(C(=O)NC[C@H](O)C(=O)O)CC(CO)O1. The van der Waals surface area contributed by atoms with Gasteiger partial charge in [0, 0.05) is 6.54 Å². The van der Waals surface area contributed by atoms with Crippen molar-refractivity contribution in [2.45, 2.75) is 25.2 Å². The molecule has 0 radical (unpaired) electrons. The van der Waals surface area contributed by atoms with Crippen LogP contribution in [-0.4, -0.2) is 76.8 Å². The maximum atomic E-state index is 11.7. The van der Waals surface area contributed by atoms with E-state index in [1.807, 2.05) is 0 Å². The summed E-state index contributed by atoms with van der Waals surface area (Å²) in [6.07, 6.45) is -2.27. The Morgan fingerprint density at radius 3 is 2.72 bits per heavy atom. The molecule has 0 aromatic rings. The normalized spacial score (nSPS) is 25.6. The Kier molecular flexibility index (Phi) is 5.32. The van der Waals surface area contributed by atoms with E-state index in [1.54, 1.807) is 6.92 Å². The maximum absolute atomic E-state index is 11.7. The Bertz CT molecular complexity index is 311. The van der Waals surface area contributed by atoms with Gasteiger partial charge in [-0.25, -0.2) is 9.59 Å². The zero-order chi connectivity index (χ0) is 13.7.